The Kier molecular flexibility index (Phi) is 2.30. The molecule has 0 atom stereocenters. The molecule has 0 aliphatic heterocycles. The van der Waals surface area contributed by atoms with Gasteiger partial charge < -0.3 is 9.55 Å². The standard InChI is InChI=1S/C11H9N5O2/c17-16(18)9-3-1-2-8-11(9)14-10(13-8)6-15-5-4-12-7-15/h1-5,7H,6H2,(H,13,14). The molecule has 0 saturated heterocycles. The molecule has 7 heteroatoms. The number of aromatic amines is 1. The van der Waals surface area contributed by atoms with E-state index in [-0.39, 0.29) is 5.69 Å². The summed E-state index contributed by atoms with van der Waals surface area (Å²) in [4.78, 5) is 21.7. The molecule has 3 rings (SSSR count). The zero-order valence-corrected chi connectivity index (χ0v) is 9.28. The fraction of sp³-hybridized carbons (Fsp3) is 0.0909. The molecule has 0 saturated carbocycles. The molecule has 0 fully saturated rings. The Hall–Kier alpha value is -2.70. The van der Waals surface area contributed by atoms with E-state index in [1.807, 2.05) is 10.8 Å². The maximum atomic E-state index is 10.9. The normalized spacial score (nSPS) is 10.9. The van der Waals surface area contributed by atoms with Gasteiger partial charge in [-0.2, -0.15) is 0 Å². The summed E-state index contributed by atoms with van der Waals surface area (Å²) in [5, 5.41) is 10.9. The molecule has 3 aromatic rings. The Labute approximate surface area is 101 Å². The maximum Gasteiger partial charge on any atom is 0.297 e. The van der Waals surface area contributed by atoms with Gasteiger partial charge in [-0.1, -0.05) is 6.07 Å². The molecule has 0 spiro atoms. The van der Waals surface area contributed by atoms with Crippen molar-refractivity contribution in [1.29, 1.82) is 0 Å². The number of hydrogen-bond acceptors (Lipinski definition) is 4. The minimum atomic E-state index is -0.426. The van der Waals surface area contributed by atoms with Crippen molar-refractivity contribution in [2.24, 2.45) is 0 Å². The van der Waals surface area contributed by atoms with Gasteiger partial charge in [0.05, 0.1) is 23.3 Å². The summed E-state index contributed by atoms with van der Waals surface area (Å²) in [7, 11) is 0. The first-order valence-corrected chi connectivity index (χ1v) is 5.32. The number of imidazole rings is 2. The van der Waals surface area contributed by atoms with Crippen LogP contribution in [0.25, 0.3) is 11.0 Å². The van der Waals surface area contributed by atoms with Gasteiger partial charge in [0, 0.05) is 18.5 Å². The molecule has 1 N–H and O–H groups in total. The second kappa shape index (κ2) is 3.95. The average molecular weight is 243 g/mol. The highest BCUT2D eigenvalue weighted by Gasteiger charge is 2.15. The van der Waals surface area contributed by atoms with Crippen LogP contribution in [0.4, 0.5) is 5.69 Å². The quantitative estimate of drug-likeness (QED) is 0.560. The van der Waals surface area contributed by atoms with Gasteiger partial charge in [0.25, 0.3) is 5.69 Å². The molecule has 90 valence electrons. The van der Waals surface area contributed by atoms with Crippen molar-refractivity contribution in [1.82, 2.24) is 19.5 Å². The number of nitrogens with one attached hydrogen (secondary N) is 1. The molecule has 18 heavy (non-hydrogen) atoms. The molecule has 0 aliphatic rings. The van der Waals surface area contributed by atoms with Crippen LogP contribution in [0, 0.1) is 10.1 Å². The number of non-ortho nitro benzene ring substituents is 1. The number of aromatic nitrogens is 4. The Morgan fingerprint density at radius 2 is 2.33 bits per heavy atom. The molecular formula is C11H9N5O2. The van der Waals surface area contributed by atoms with Gasteiger partial charge in [0.2, 0.25) is 0 Å². The zero-order valence-electron chi connectivity index (χ0n) is 9.28. The van der Waals surface area contributed by atoms with Crippen molar-refractivity contribution in [2.45, 2.75) is 6.54 Å². The Morgan fingerprint density at radius 1 is 1.44 bits per heavy atom. The largest absolute Gasteiger partial charge is 0.340 e. The van der Waals surface area contributed by atoms with Crippen molar-refractivity contribution >= 4 is 16.7 Å². The van der Waals surface area contributed by atoms with E-state index in [0.717, 1.165) is 0 Å². The summed E-state index contributed by atoms with van der Waals surface area (Å²) in [6, 6.07) is 4.86. The molecule has 0 aliphatic carbocycles. The number of para-hydroxylation sites is 1. The van der Waals surface area contributed by atoms with E-state index in [4.69, 9.17) is 0 Å². The fourth-order valence-corrected chi connectivity index (χ4v) is 1.84. The molecule has 0 radical (unpaired) electrons. The first-order chi connectivity index (χ1) is 8.74. The highest BCUT2D eigenvalue weighted by molar-refractivity contribution is 5.84. The summed E-state index contributed by atoms with van der Waals surface area (Å²) < 4.78 is 1.84. The van der Waals surface area contributed by atoms with Crippen LogP contribution in [0.2, 0.25) is 0 Å². The third kappa shape index (κ3) is 1.71. The molecule has 0 bridgehead atoms. The van der Waals surface area contributed by atoms with Crippen LogP contribution in [0.3, 0.4) is 0 Å². The molecule has 1 aromatic carbocycles. The SMILES string of the molecule is O=[N+]([O-])c1cccc2[nH]c(Cn3ccnc3)nc12. The summed E-state index contributed by atoms with van der Waals surface area (Å²) in [5.41, 5.74) is 1.07. The minimum absolute atomic E-state index is 0.0145. The van der Waals surface area contributed by atoms with Gasteiger partial charge in [-0.25, -0.2) is 9.97 Å². The number of nitrogens with zero attached hydrogens (tertiary/aromatic N) is 4. The third-order valence-corrected chi connectivity index (χ3v) is 2.63. The van der Waals surface area contributed by atoms with Crippen molar-refractivity contribution < 1.29 is 4.92 Å². The van der Waals surface area contributed by atoms with Gasteiger partial charge in [0.1, 0.15) is 5.82 Å². The van der Waals surface area contributed by atoms with E-state index in [1.54, 1.807) is 24.7 Å². The summed E-state index contributed by atoms with van der Waals surface area (Å²) >= 11 is 0. The lowest BCUT2D eigenvalue weighted by molar-refractivity contribution is -0.383. The molecular weight excluding hydrogens is 234 g/mol. The molecule has 2 aromatic heterocycles. The average Bonchev–Trinajstić information content (AvgIpc) is 2.96. The number of fused-ring (bicyclic) bond motifs is 1. The van der Waals surface area contributed by atoms with E-state index in [0.29, 0.717) is 23.4 Å². The predicted octanol–water partition coefficient (Wildman–Crippen LogP) is 1.72. The fourth-order valence-electron chi connectivity index (χ4n) is 1.84. The molecule has 2 heterocycles. The number of H-pyrrole nitrogens is 1. The molecule has 7 nitrogen and oxygen atoms in total. The summed E-state index contributed by atoms with van der Waals surface area (Å²) in [6.07, 6.45) is 5.15. The lowest BCUT2D eigenvalue weighted by atomic mass is 10.3. The van der Waals surface area contributed by atoms with Gasteiger partial charge in [-0.15, -0.1) is 0 Å². The zero-order chi connectivity index (χ0) is 12.5. The van der Waals surface area contributed by atoms with Crippen LogP contribution < -0.4 is 0 Å². The highest BCUT2D eigenvalue weighted by Crippen LogP contribution is 2.23. The van der Waals surface area contributed by atoms with Crippen LogP contribution >= 0.6 is 0 Å². The Balaban J connectivity index is 2.05. The van der Waals surface area contributed by atoms with Crippen LogP contribution in [0.1, 0.15) is 5.82 Å². The first-order valence-electron chi connectivity index (χ1n) is 5.32. The molecule has 0 unspecified atom stereocenters. The Morgan fingerprint density at radius 3 is 3.06 bits per heavy atom. The van der Waals surface area contributed by atoms with Gasteiger partial charge in [-0.3, -0.25) is 10.1 Å². The van der Waals surface area contributed by atoms with Gasteiger partial charge in [-0.05, 0) is 6.07 Å². The van der Waals surface area contributed by atoms with E-state index in [1.165, 1.54) is 6.07 Å². The lowest BCUT2D eigenvalue weighted by Crippen LogP contribution is -1.98. The third-order valence-electron chi connectivity index (χ3n) is 2.63. The predicted molar refractivity (Wildman–Crippen MR) is 64.1 cm³/mol. The lowest BCUT2D eigenvalue weighted by Gasteiger charge is -1.95. The second-order valence-corrected chi connectivity index (χ2v) is 3.85. The van der Waals surface area contributed by atoms with Crippen LogP contribution in [0.15, 0.2) is 36.9 Å². The van der Waals surface area contributed by atoms with E-state index >= 15 is 0 Å². The minimum Gasteiger partial charge on any atom is -0.340 e. The topological polar surface area (TPSA) is 89.6 Å². The van der Waals surface area contributed by atoms with Crippen molar-refractivity contribution in [3.05, 3.63) is 52.9 Å². The van der Waals surface area contributed by atoms with Crippen molar-refractivity contribution in [3.8, 4) is 0 Å². The highest BCUT2D eigenvalue weighted by atomic mass is 16.6. The monoisotopic (exact) mass is 243 g/mol. The summed E-state index contributed by atoms with van der Waals surface area (Å²) in [6.45, 7) is 0.506. The van der Waals surface area contributed by atoms with Crippen LogP contribution in [-0.4, -0.2) is 24.4 Å². The van der Waals surface area contributed by atoms with Crippen LogP contribution in [-0.2, 0) is 6.54 Å². The number of nitro groups is 1. The van der Waals surface area contributed by atoms with E-state index in [2.05, 4.69) is 15.0 Å². The number of hydrogen-bond donors (Lipinski definition) is 1. The van der Waals surface area contributed by atoms with Gasteiger partial charge >= 0.3 is 0 Å². The number of nitro benzene ring substituents is 1. The van der Waals surface area contributed by atoms with Gasteiger partial charge in [0.15, 0.2) is 5.52 Å². The smallest absolute Gasteiger partial charge is 0.297 e. The van der Waals surface area contributed by atoms with Crippen LogP contribution in [0.5, 0.6) is 0 Å². The number of rotatable bonds is 3. The first kappa shape index (κ1) is 10.5. The van der Waals surface area contributed by atoms with E-state index < -0.39 is 4.92 Å². The Bertz CT molecular complexity index is 701. The van der Waals surface area contributed by atoms with Crippen molar-refractivity contribution in [3.63, 3.8) is 0 Å². The maximum absolute atomic E-state index is 10.9. The summed E-state index contributed by atoms with van der Waals surface area (Å²) in [5.74, 6) is 0.664. The van der Waals surface area contributed by atoms with E-state index in [9.17, 15) is 10.1 Å². The second-order valence-electron chi connectivity index (χ2n) is 3.85. The molecule has 0 amide bonds. The van der Waals surface area contributed by atoms with Crippen molar-refractivity contribution in [2.75, 3.05) is 0 Å². The number of benzene rings is 1.